The SMILES string of the molecule is CC(CC(=O)NC1(CC(=O)O)CCOCC1)c1ccc(F)cc1. The highest BCUT2D eigenvalue weighted by Crippen LogP contribution is 2.26. The second-order valence-corrected chi connectivity index (χ2v) is 6.17. The maximum absolute atomic E-state index is 12.9. The third kappa shape index (κ3) is 5.03. The Hall–Kier alpha value is -1.95. The third-order valence-electron chi connectivity index (χ3n) is 4.27. The number of carboxylic acid groups (broad SMARTS) is 1. The van der Waals surface area contributed by atoms with Gasteiger partial charge in [-0.3, -0.25) is 9.59 Å². The van der Waals surface area contributed by atoms with E-state index < -0.39 is 11.5 Å². The largest absolute Gasteiger partial charge is 0.481 e. The van der Waals surface area contributed by atoms with E-state index in [1.54, 1.807) is 12.1 Å². The van der Waals surface area contributed by atoms with Crippen molar-refractivity contribution in [2.45, 2.75) is 44.1 Å². The number of amides is 1. The highest BCUT2D eigenvalue weighted by Gasteiger charge is 2.36. The van der Waals surface area contributed by atoms with Crippen molar-refractivity contribution in [2.24, 2.45) is 0 Å². The van der Waals surface area contributed by atoms with Crippen LogP contribution in [0.5, 0.6) is 0 Å². The van der Waals surface area contributed by atoms with Gasteiger partial charge in [-0.05, 0) is 36.5 Å². The molecular formula is C17H22FNO4. The fourth-order valence-electron chi connectivity index (χ4n) is 2.93. The van der Waals surface area contributed by atoms with Crippen LogP contribution < -0.4 is 5.32 Å². The molecule has 1 aromatic carbocycles. The minimum absolute atomic E-state index is 0.0719. The Morgan fingerprint density at radius 2 is 1.91 bits per heavy atom. The molecule has 126 valence electrons. The molecule has 0 bridgehead atoms. The van der Waals surface area contributed by atoms with E-state index in [1.165, 1.54) is 12.1 Å². The molecule has 1 fully saturated rings. The molecule has 6 heteroatoms. The zero-order valence-corrected chi connectivity index (χ0v) is 13.2. The van der Waals surface area contributed by atoms with Crippen LogP contribution in [-0.2, 0) is 14.3 Å². The van der Waals surface area contributed by atoms with E-state index in [0.29, 0.717) is 26.1 Å². The van der Waals surface area contributed by atoms with Gasteiger partial charge in [0, 0.05) is 19.6 Å². The summed E-state index contributed by atoms with van der Waals surface area (Å²) in [4.78, 5) is 23.4. The average molecular weight is 323 g/mol. The first-order valence-electron chi connectivity index (χ1n) is 7.76. The molecular weight excluding hydrogens is 301 g/mol. The van der Waals surface area contributed by atoms with Crippen LogP contribution in [0.1, 0.15) is 44.1 Å². The van der Waals surface area contributed by atoms with Crippen LogP contribution in [0.25, 0.3) is 0 Å². The molecule has 2 N–H and O–H groups in total. The second-order valence-electron chi connectivity index (χ2n) is 6.17. The minimum Gasteiger partial charge on any atom is -0.481 e. The van der Waals surface area contributed by atoms with Gasteiger partial charge in [-0.1, -0.05) is 19.1 Å². The van der Waals surface area contributed by atoms with E-state index in [2.05, 4.69) is 5.32 Å². The van der Waals surface area contributed by atoms with Crippen molar-refractivity contribution >= 4 is 11.9 Å². The number of rotatable bonds is 6. The lowest BCUT2D eigenvalue weighted by Crippen LogP contribution is -2.53. The number of hydrogen-bond acceptors (Lipinski definition) is 3. The van der Waals surface area contributed by atoms with Crippen molar-refractivity contribution in [1.29, 1.82) is 0 Å². The van der Waals surface area contributed by atoms with Crippen LogP contribution in [0.4, 0.5) is 4.39 Å². The van der Waals surface area contributed by atoms with Crippen molar-refractivity contribution in [3.8, 4) is 0 Å². The van der Waals surface area contributed by atoms with E-state index in [4.69, 9.17) is 9.84 Å². The van der Waals surface area contributed by atoms with Gasteiger partial charge in [0.05, 0.1) is 12.0 Å². The maximum atomic E-state index is 12.9. The molecule has 1 saturated heterocycles. The van der Waals surface area contributed by atoms with Gasteiger partial charge in [-0.15, -0.1) is 0 Å². The van der Waals surface area contributed by atoms with E-state index in [9.17, 15) is 14.0 Å². The summed E-state index contributed by atoms with van der Waals surface area (Å²) in [6.07, 6.45) is 1.12. The molecule has 23 heavy (non-hydrogen) atoms. The molecule has 1 atom stereocenters. The lowest BCUT2D eigenvalue weighted by molar-refractivity contribution is -0.140. The first-order chi connectivity index (χ1) is 10.9. The first kappa shape index (κ1) is 17.4. The van der Waals surface area contributed by atoms with Crippen LogP contribution in [0, 0.1) is 5.82 Å². The van der Waals surface area contributed by atoms with Crippen molar-refractivity contribution in [3.05, 3.63) is 35.6 Å². The Bertz CT molecular complexity index is 552. The molecule has 0 aliphatic carbocycles. The molecule has 1 aromatic rings. The van der Waals surface area contributed by atoms with Crippen LogP contribution in [0.2, 0.25) is 0 Å². The molecule has 1 unspecified atom stereocenters. The van der Waals surface area contributed by atoms with Crippen molar-refractivity contribution in [3.63, 3.8) is 0 Å². The number of carboxylic acids is 1. The highest BCUT2D eigenvalue weighted by atomic mass is 19.1. The van der Waals surface area contributed by atoms with Gasteiger partial charge < -0.3 is 15.2 Å². The fourth-order valence-corrected chi connectivity index (χ4v) is 2.93. The topological polar surface area (TPSA) is 75.6 Å². The Kier molecular flexibility index (Phi) is 5.71. The Morgan fingerprint density at radius 3 is 2.48 bits per heavy atom. The third-order valence-corrected chi connectivity index (χ3v) is 4.27. The monoisotopic (exact) mass is 323 g/mol. The van der Waals surface area contributed by atoms with Gasteiger partial charge in [-0.2, -0.15) is 0 Å². The molecule has 1 heterocycles. The molecule has 5 nitrogen and oxygen atoms in total. The van der Waals surface area contributed by atoms with Crippen molar-refractivity contribution < 1.29 is 23.8 Å². The summed E-state index contributed by atoms with van der Waals surface area (Å²) < 4.78 is 18.2. The maximum Gasteiger partial charge on any atom is 0.305 e. The standard InChI is InChI=1S/C17H22FNO4/c1-12(13-2-4-14(18)5-3-13)10-15(20)19-17(11-16(21)22)6-8-23-9-7-17/h2-5,12H,6-11H2,1H3,(H,19,20)(H,21,22). The number of aliphatic carboxylic acids is 1. The summed E-state index contributed by atoms with van der Waals surface area (Å²) >= 11 is 0. The number of hydrogen-bond donors (Lipinski definition) is 2. The molecule has 0 aromatic heterocycles. The number of ether oxygens (including phenoxy) is 1. The number of carbonyl (C=O) groups excluding carboxylic acids is 1. The van der Waals surface area contributed by atoms with E-state index in [-0.39, 0.29) is 30.5 Å². The van der Waals surface area contributed by atoms with Crippen LogP contribution in [-0.4, -0.2) is 35.7 Å². The number of carbonyl (C=O) groups is 2. The van der Waals surface area contributed by atoms with Crippen molar-refractivity contribution in [2.75, 3.05) is 13.2 Å². The zero-order valence-electron chi connectivity index (χ0n) is 13.2. The Balaban J connectivity index is 1.98. The molecule has 1 aliphatic heterocycles. The van der Waals surface area contributed by atoms with Crippen LogP contribution in [0.3, 0.4) is 0 Å². The molecule has 0 saturated carbocycles. The predicted octanol–water partition coefficient (Wildman–Crippen LogP) is 2.46. The normalized spacial score (nSPS) is 18.2. The molecule has 1 amide bonds. The van der Waals surface area contributed by atoms with E-state index in [1.807, 2.05) is 6.92 Å². The summed E-state index contributed by atoms with van der Waals surface area (Å²) in [5, 5.41) is 12.0. The van der Waals surface area contributed by atoms with Gasteiger partial charge in [-0.25, -0.2) is 4.39 Å². The van der Waals surface area contributed by atoms with Gasteiger partial charge >= 0.3 is 5.97 Å². The molecule has 1 aliphatic rings. The van der Waals surface area contributed by atoms with E-state index in [0.717, 1.165) is 5.56 Å². The zero-order chi connectivity index (χ0) is 16.9. The number of halogens is 1. The quantitative estimate of drug-likeness (QED) is 0.843. The lowest BCUT2D eigenvalue weighted by Gasteiger charge is -2.37. The van der Waals surface area contributed by atoms with Gasteiger partial charge in [0.25, 0.3) is 0 Å². The van der Waals surface area contributed by atoms with Gasteiger partial charge in [0.2, 0.25) is 5.91 Å². The minimum atomic E-state index is -0.932. The summed E-state index contributed by atoms with van der Waals surface area (Å²) in [5.41, 5.74) is 0.143. The Morgan fingerprint density at radius 1 is 1.30 bits per heavy atom. The van der Waals surface area contributed by atoms with Crippen molar-refractivity contribution in [1.82, 2.24) is 5.32 Å². The first-order valence-corrected chi connectivity index (χ1v) is 7.76. The summed E-state index contributed by atoms with van der Waals surface area (Å²) in [6, 6.07) is 6.06. The summed E-state index contributed by atoms with van der Waals surface area (Å²) in [7, 11) is 0. The average Bonchev–Trinajstić information content (AvgIpc) is 2.47. The molecule has 0 spiro atoms. The summed E-state index contributed by atoms with van der Waals surface area (Å²) in [6.45, 7) is 2.78. The second kappa shape index (κ2) is 7.55. The molecule has 0 radical (unpaired) electrons. The predicted molar refractivity (Wildman–Crippen MR) is 82.6 cm³/mol. The van der Waals surface area contributed by atoms with Crippen LogP contribution in [0.15, 0.2) is 24.3 Å². The summed E-state index contributed by atoms with van der Waals surface area (Å²) in [5.74, 6) is -1.51. The highest BCUT2D eigenvalue weighted by molar-refractivity contribution is 5.79. The number of benzene rings is 1. The van der Waals surface area contributed by atoms with Gasteiger partial charge in [0.1, 0.15) is 5.82 Å². The number of nitrogens with one attached hydrogen (secondary N) is 1. The Labute approximate surface area is 134 Å². The lowest BCUT2D eigenvalue weighted by atomic mass is 9.86. The van der Waals surface area contributed by atoms with Crippen LogP contribution >= 0.6 is 0 Å². The van der Waals surface area contributed by atoms with E-state index >= 15 is 0 Å². The fraction of sp³-hybridized carbons (Fsp3) is 0.529. The van der Waals surface area contributed by atoms with Gasteiger partial charge in [0.15, 0.2) is 0 Å². The smallest absolute Gasteiger partial charge is 0.305 e. The molecule has 2 rings (SSSR count).